The Morgan fingerprint density at radius 2 is 2.17 bits per heavy atom. The van der Waals surface area contributed by atoms with E-state index in [-0.39, 0.29) is 12.6 Å². The first-order chi connectivity index (χ1) is 11.4. The molecular weight excluding hydrogens is 343 g/mol. The van der Waals surface area contributed by atoms with E-state index in [9.17, 15) is 13.2 Å². The molecule has 1 unspecified atom stereocenters. The van der Waals surface area contributed by atoms with Crippen LogP contribution in [0.2, 0.25) is 5.02 Å². The number of alkyl halides is 3. The Morgan fingerprint density at radius 3 is 2.96 bits per heavy atom. The lowest BCUT2D eigenvalue weighted by molar-refractivity contribution is -0.125. The van der Waals surface area contributed by atoms with Crippen molar-refractivity contribution in [3.63, 3.8) is 0 Å². The molecule has 132 valence electrons. The van der Waals surface area contributed by atoms with E-state index in [1.165, 1.54) is 0 Å². The van der Waals surface area contributed by atoms with E-state index in [1.807, 2.05) is 29.4 Å². The number of nitrogens with zero attached hydrogens (tertiary/aromatic N) is 2. The molecule has 0 saturated carbocycles. The molecule has 0 fully saturated rings. The van der Waals surface area contributed by atoms with Crippen molar-refractivity contribution in [2.45, 2.75) is 18.6 Å². The van der Waals surface area contributed by atoms with Crippen molar-refractivity contribution in [3.8, 4) is 5.75 Å². The lowest BCUT2D eigenvalue weighted by Gasteiger charge is -2.38. The molecule has 2 heterocycles. The van der Waals surface area contributed by atoms with Crippen molar-refractivity contribution in [2.24, 2.45) is 0 Å². The van der Waals surface area contributed by atoms with Gasteiger partial charge in [-0.05, 0) is 23.8 Å². The maximum absolute atomic E-state index is 12.2. The summed E-state index contributed by atoms with van der Waals surface area (Å²) in [5.41, 5.74) is 1.05. The summed E-state index contributed by atoms with van der Waals surface area (Å²) in [6.45, 7) is 1.03. The third kappa shape index (κ3) is 4.34. The van der Waals surface area contributed by atoms with Crippen LogP contribution in [0.5, 0.6) is 5.75 Å². The summed E-state index contributed by atoms with van der Waals surface area (Å²) in [5, 5.41) is 7.17. The van der Waals surface area contributed by atoms with Crippen molar-refractivity contribution in [2.75, 3.05) is 32.8 Å². The summed E-state index contributed by atoms with van der Waals surface area (Å²) >= 11 is 6.04. The Morgan fingerprint density at radius 1 is 1.33 bits per heavy atom. The van der Waals surface area contributed by atoms with Crippen LogP contribution in [-0.4, -0.2) is 55.0 Å². The molecule has 24 heavy (non-hydrogen) atoms. The lowest BCUT2D eigenvalue weighted by Crippen LogP contribution is -2.49. The second-order valence-electron chi connectivity index (χ2n) is 5.89. The third-order valence-electron chi connectivity index (χ3n) is 4.06. The summed E-state index contributed by atoms with van der Waals surface area (Å²) in [4.78, 5) is 0. The molecule has 0 radical (unpaired) electrons. The Bertz CT molecular complexity index is 609. The van der Waals surface area contributed by atoms with E-state index in [0.29, 0.717) is 24.7 Å². The highest BCUT2D eigenvalue weighted by Gasteiger charge is 2.30. The number of hydrogen-bond acceptors (Lipinski definition) is 4. The van der Waals surface area contributed by atoms with Crippen LogP contribution in [0.3, 0.4) is 0 Å². The Kier molecular flexibility index (Phi) is 5.22. The first kappa shape index (κ1) is 17.4. The average Bonchev–Trinajstić information content (AvgIpc) is 2.98. The van der Waals surface area contributed by atoms with Gasteiger partial charge >= 0.3 is 6.18 Å². The highest BCUT2D eigenvalue weighted by molar-refractivity contribution is 6.30. The number of benzene rings is 1. The maximum atomic E-state index is 12.2. The van der Waals surface area contributed by atoms with Gasteiger partial charge in [0, 0.05) is 37.3 Å². The summed E-state index contributed by atoms with van der Waals surface area (Å²) in [6.07, 6.45) is 0.570. The maximum Gasteiger partial charge on any atom is 0.401 e. The predicted octanol–water partition coefficient (Wildman–Crippen LogP) is 2.84. The summed E-state index contributed by atoms with van der Waals surface area (Å²) in [7, 11) is 0. The second-order valence-corrected chi connectivity index (χ2v) is 6.33. The quantitative estimate of drug-likeness (QED) is 0.816. The standard InChI is InChI=1S/C16H19ClF3N3O/c17-13-2-3-15-12(8-13)9-14(10-24-15)23-6-1-5-22(23)7-4-21-11-16(18,19)20/h1-3,6,8,14,21H,4-5,7,9-11H2. The molecule has 2 aliphatic heterocycles. The molecule has 4 nitrogen and oxygen atoms in total. The summed E-state index contributed by atoms with van der Waals surface area (Å²) in [5.74, 6) is 0.845. The fraction of sp³-hybridized carbons (Fsp3) is 0.500. The van der Waals surface area contributed by atoms with Gasteiger partial charge in [0.15, 0.2) is 0 Å². The van der Waals surface area contributed by atoms with Crippen LogP contribution >= 0.6 is 11.6 Å². The molecule has 8 heteroatoms. The molecule has 2 aliphatic rings. The van der Waals surface area contributed by atoms with Gasteiger partial charge < -0.3 is 15.1 Å². The molecular formula is C16H19ClF3N3O. The van der Waals surface area contributed by atoms with Crippen LogP contribution in [0, 0.1) is 0 Å². The van der Waals surface area contributed by atoms with Crippen LogP contribution in [0.1, 0.15) is 5.56 Å². The van der Waals surface area contributed by atoms with E-state index < -0.39 is 12.7 Å². The molecule has 3 rings (SSSR count). The molecule has 0 bridgehead atoms. The highest BCUT2D eigenvalue weighted by atomic mass is 35.5. The van der Waals surface area contributed by atoms with Gasteiger partial charge in [-0.2, -0.15) is 13.2 Å². The van der Waals surface area contributed by atoms with Crippen molar-refractivity contribution in [1.29, 1.82) is 0 Å². The Hall–Kier alpha value is -1.44. The van der Waals surface area contributed by atoms with Crippen LogP contribution in [-0.2, 0) is 6.42 Å². The van der Waals surface area contributed by atoms with Crippen LogP contribution in [0.25, 0.3) is 0 Å². The number of rotatable bonds is 5. The zero-order valence-corrected chi connectivity index (χ0v) is 13.8. The summed E-state index contributed by atoms with van der Waals surface area (Å²) in [6, 6.07) is 5.68. The number of hydrazine groups is 1. The topological polar surface area (TPSA) is 27.7 Å². The zero-order valence-electron chi connectivity index (χ0n) is 13.0. The van der Waals surface area contributed by atoms with Gasteiger partial charge in [-0.3, -0.25) is 0 Å². The lowest BCUT2D eigenvalue weighted by atomic mass is 10.0. The number of halogens is 4. The minimum absolute atomic E-state index is 0.109. The first-order valence-corrected chi connectivity index (χ1v) is 8.19. The fourth-order valence-corrected chi connectivity index (χ4v) is 3.17. The summed E-state index contributed by atoms with van der Waals surface area (Å²) < 4.78 is 42.3. The van der Waals surface area contributed by atoms with Crippen LogP contribution in [0.4, 0.5) is 13.2 Å². The van der Waals surface area contributed by atoms with Crippen molar-refractivity contribution < 1.29 is 17.9 Å². The van der Waals surface area contributed by atoms with Crippen LogP contribution < -0.4 is 10.1 Å². The van der Waals surface area contributed by atoms with Crippen molar-refractivity contribution in [3.05, 3.63) is 41.1 Å². The average molecular weight is 362 g/mol. The zero-order chi connectivity index (χ0) is 17.2. The Balaban J connectivity index is 1.55. The second kappa shape index (κ2) is 7.21. The number of fused-ring (bicyclic) bond motifs is 1. The largest absolute Gasteiger partial charge is 0.491 e. The molecule has 1 N–H and O–H groups in total. The van der Waals surface area contributed by atoms with E-state index >= 15 is 0 Å². The fourth-order valence-electron chi connectivity index (χ4n) is 2.98. The highest BCUT2D eigenvalue weighted by Crippen LogP contribution is 2.30. The molecule has 1 aromatic rings. The van der Waals surface area contributed by atoms with E-state index in [1.54, 1.807) is 6.07 Å². The molecule has 0 spiro atoms. The minimum Gasteiger partial charge on any atom is -0.491 e. The molecule has 0 saturated heterocycles. The van der Waals surface area contributed by atoms with Gasteiger partial charge in [-0.15, -0.1) is 0 Å². The molecule has 0 amide bonds. The van der Waals surface area contributed by atoms with Gasteiger partial charge in [0.25, 0.3) is 0 Å². The van der Waals surface area contributed by atoms with E-state index in [2.05, 4.69) is 10.3 Å². The molecule has 1 aromatic carbocycles. The van der Waals surface area contributed by atoms with Gasteiger partial charge in [-0.1, -0.05) is 17.7 Å². The van der Waals surface area contributed by atoms with Gasteiger partial charge in [-0.25, -0.2) is 5.01 Å². The predicted molar refractivity (Wildman–Crippen MR) is 85.9 cm³/mol. The molecule has 0 aromatic heterocycles. The first-order valence-electron chi connectivity index (χ1n) is 7.81. The Labute approximate surface area is 143 Å². The minimum atomic E-state index is -4.18. The third-order valence-corrected chi connectivity index (χ3v) is 4.29. The number of ether oxygens (including phenoxy) is 1. The van der Waals surface area contributed by atoms with Gasteiger partial charge in [0.2, 0.25) is 0 Å². The molecule has 1 atom stereocenters. The number of hydrogen-bond donors (Lipinski definition) is 1. The normalized spacial score (nSPS) is 21.0. The monoisotopic (exact) mass is 361 g/mol. The number of nitrogens with one attached hydrogen (secondary N) is 1. The van der Waals surface area contributed by atoms with Crippen LogP contribution in [0.15, 0.2) is 30.5 Å². The molecule has 0 aliphatic carbocycles. The van der Waals surface area contributed by atoms with E-state index in [4.69, 9.17) is 16.3 Å². The van der Waals surface area contributed by atoms with Crippen molar-refractivity contribution in [1.82, 2.24) is 15.3 Å². The van der Waals surface area contributed by atoms with E-state index in [0.717, 1.165) is 17.7 Å². The van der Waals surface area contributed by atoms with Crippen molar-refractivity contribution >= 4 is 11.6 Å². The van der Waals surface area contributed by atoms with Gasteiger partial charge in [0.05, 0.1) is 12.6 Å². The SMILES string of the molecule is FC(F)(F)CNCCN1CC=CN1C1COc2ccc(Cl)cc2C1. The van der Waals surface area contributed by atoms with Gasteiger partial charge in [0.1, 0.15) is 12.4 Å². The smallest absolute Gasteiger partial charge is 0.401 e.